The first kappa shape index (κ1) is 23.6. The van der Waals surface area contributed by atoms with Gasteiger partial charge in [-0.15, -0.1) is 0 Å². The topological polar surface area (TPSA) is 87.7 Å². The van der Waals surface area contributed by atoms with Gasteiger partial charge in [-0.25, -0.2) is 4.79 Å². The standard InChI is InChI=1S/C21H29F2N3O4/c1-4-5-6-7-8-14(2)24-17(27)13-26-18(28)21(3,25-20(26)29)15-9-11-16(12-10-15)30-19(22)23/h9-12,14,19H,4-8,13H2,1-3H3,(H,24,27)(H,25,29)/t14-,21+/m0/s1. The van der Waals surface area contributed by atoms with E-state index in [4.69, 9.17) is 0 Å². The minimum Gasteiger partial charge on any atom is -0.435 e. The Morgan fingerprint density at radius 3 is 2.47 bits per heavy atom. The van der Waals surface area contributed by atoms with E-state index in [1.165, 1.54) is 31.2 Å². The number of ether oxygens (including phenoxy) is 1. The molecule has 0 aromatic heterocycles. The van der Waals surface area contributed by atoms with E-state index < -0.39 is 30.0 Å². The number of rotatable bonds is 11. The largest absolute Gasteiger partial charge is 0.435 e. The normalized spacial score (nSPS) is 19.7. The van der Waals surface area contributed by atoms with Crippen molar-refractivity contribution in [3.05, 3.63) is 29.8 Å². The number of halogens is 2. The predicted octanol–water partition coefficient (Wildman–Crippen LogP) is 3.53. The van der Waals surface area contributed by atoms with Crippen LogP contribution >= 0.6 is 0 Å². The third-order valence-electron chi connectivity index (χ3n) is 5.13. The van der Waals surface area contributed by atoms with Crippen LogP contribution in [0.5, 0.6) is 5.75 Å². The number of carbonyl (C=O) groups is 3. The Kier molecular flexibility index (Phi) is 8.14. The molecular formula is C21H29F2N3O4. The molecule has 0 spiro atoms. The van der Waals surface area contributed by atoms with E-state index in [2.05, 4.69) is 22.3 Å². The molecule has 1 fully saturated rings. The maximum atomic E-state index is 12.9. The van der Waals surface area contributed by atoms with Gasteiger partial charge in [0.1, 0.15) is 17.8 Å². The lowest BCUT2D eigenvalue weighted by Gasteiger charge is -2.22. The Bertz CT molecular complexity index is 757. The first-order valence-electron chi connectivity index (χ1n) is 10.2. The average molecular weight is 425 g/mol. The number of hydrogen-bond donors (Lipinski definition) is 2. The number of alkyl halides is 2. The Balaban J connectivity index is 1.97. The molecule has 1 aromatic carbocycles. The van der Waals surface area contributed by atoms with Crippen LogP contribution < -0.4 is 15.4 Å². The summed E-state index contributed by atoms with van der Waals surface area (Å²) < 4.78 is 28.9. The highest BCUT2D eigenvalue weighted by Crippen LogP contribution is 2.30. The molecule has 1 aliphatic heterocycles. The van der Waals surface area contributed by atoms with E-state index in [0.717, 1.165) is 37.0 Å². The van der Waals surface area contributed by atoms with Gasteiger partial charge in [-0.05, 0) is 38.0 Å². The summed E-state index contributed by atoms with van der Waals surface area (Å²) in [6.07, 6.45) is 5.21. The van der Waals surface area contributed by atoms with Crippen molar-refractivity contribution >= 4 is 17.8 Å². The number of urea groups is 1. The highest BCUT2D eigenvalue weighted by Gasteiger charge is 2.49. The number of amides is 4. The van der Waals surface area contributed by atoms with Crippen LogP contribution in [0.2, 0.25) is 0 Å². The zero-order valence-corrected chi connectivity index (χ0v) is 17.5. The zero-order chi connectivity index (χ0) is 22.3. The molecule has 7 nitrogen and oxygen atoms in total. The minimum absolute atomic E-state index is 0.0520. The molecule has 9 heteroatoms. The van der Waals surface area contributed by atoms with Crippen molar-refractivity contribution in [3.8, 4) is 5.75 Å². The number of carbonyl (C=O) groups excluding carboxylic acids is 3. The van der Waals surface area contributed by atoms with Crippen molar-refractivity contribution in [2.45, 2.75) is 71.1 Å². The fraction of sp³-hybridized carbons (Fsp3) is 0.571. The fourth-order valence-electron chi connectivity index (χ4n) is 3.42. The predicted molar refractivity (Wildman–Crippen MR) is 107 cm³/mol. The number of benzene rings is 1. The van der Waals surface area contributed by atoms with Crippen LogP contribution in [0, 0.1) is 0 Å². The third kappa shape index (κ3) is 5.90. The molecule has 2 N–H and O–H groups in total. The summed E-state index contributed by atoms with van der Waals surface area (Å²) in [6, 6.07) is 4.71. The van der Waals surface area contributed by atoms with Gasteiger partial charge in [0, 0.05) is 6.04 Å². The molecular weight excluding hydrogens is 396 g/mol. The second-order valence-corrected chi connectivity index (χ2v) is 7.67. The van der Waals surface area contributed by atoms with Gasteiger partial charge >= 0.3 is 12.6 Å². The smallest absolute Gasteiger partial charge is 0.387 e. The van der Waals surface area contributed by atoms with Gasteiger partial charge in [0.25, 0.3) is 5.91 Å². The van der Waals surface area contributed by atoms with Crippen molar-refractivity contribution < 1.29 is 27.9 Å². The summed E-state index contributed by atoms with van der Waals surface area (Å²) >= 11 is 0. The van der Waals surface area contributed by atoms with Crippen molar-refractivity contribution in [2.75, 3.05) is 6.54 Å². The lowest BCUT2D eigenvalue weighted by Crippen LogP contribution is -2.45. The van der Waals surface area contributed by atoms with Crippen LogP contribution in [0.4, 0.5) is 13.6 Å². The SMILES string of the molecule is CCCCCC[C@H](C)NC(=O)CN1C(=O)N[C@](C)(c2ccc(OC(F)F)cc2)C1=O. The van der Waals surface area contributed by atoms with Crippen molar-refractivity contribution in [2.24, 2.45) is 0 Å². The van der Waals surface area contributed by atoms with E-state index >= 15 is 0 Å². The monoisotopic (exact) mass is 425 g/mol. The van der Waals surface area contributed by atoms with Crippen molar-refractivity contribution in [1.29, 1.82) is 0 Å². The van der Waals surface area contributed by atoms with Crippen molar-refractivity contribution in [3.63, 3.8) is 0 Å². The molecule has 1 aliphatic rings. The van der Waals surface area contributed by atoms with Crippen LogP contribution in [0.25, 0.3) is 0 Å². The molecule has 0 unspecified atom stereocenters. The number of hydrogen-bond acceptors (Lipinski definition) is 4. The molecule has 30 heavy (non-hydrogen) atoms. The lowest BCUT2D eigenvalue weighted by atomic mass is 9.92. The lowest BCUT2D eigenvalue weighted by molar-refractivity contribution is -0.135. The summed E-state index contributed by atoms with van der Waals surface area (Å²) in [6.45, 7) is 2.18. The molecule has 1 heterocycles. The molecule has 2 rings (SSSR count). The first-order chi connectivity index (χ1) is 14.2. The number of nitrogens with one attached hydrogen (secondary N) is 2. The highest BCUT2D eigenvalue weighted by molar-refractivity contribution is 6.09. The van der Waals surface area contributed by atoms with Crippen molar-refractivity contribution in [1.82, 2.24) is 15.5 Å². The second-order valence-electron chi connectivity index (χ2n) is 7.67. The van der Waals surface area contributed by atoms with E-state index in [9.17, 15) is 23.2 Å². The minimum atomic E-state index is -2.96. The van der Waals surface area contributed by atoms with Crippen LogP contribution in [-0.2, 0) is 15.1 Å². The van der Waals surface area contributed by atoms with Crippen LogP contribution in [-0.4, -0.2) is 41.9 Å². The van der Waals surface area contributed by atoms with E-state index in [1.807, 2.05) is 6.92 Å². The Labute approximate surface area is 175 Å². The summed E-state index contributed by atoms with van der Waals surface area (Å²) in [5, 5.41) is 5.40. The quantitative estimate of drug-likeness (QED) is 0.419. The Hall–Kier alpha value is -2.71. The van der Waals surface area contributed by atoms with Gasteiger partial charge < -0.3 is 15.4 Å². The van der Waals surface area contributed by atoms with Gasteiger partial charge in [0.05, 0.1) is 0 Å². The average Bonchev–Trinajstić information content (AvgIpc) is 2.89. The molecule has 2 atom stereocenters. The van der Waals surface area contributed by atoms with Gasteiger partial charge in [-0.1, -0.05) is 44.7 Å². The maximum Gasteiger partial charge on any atom is 0.387 e. The maximum absolute atomic E-state index is 12.9. The summed E-state index contributed by atoms with van der Waals surface area (Å²) in [4.78, 5) is 38.4. The van der Waals surface area contributed by atoms with Gasteiger partial charge in [-0.2, -0.15) is 8.78 Å². The molecule has 1 saturated heterocycles. The van der Waals surface area contributed by atoms with E-state index in [0.29, 0.717) is 5.56 Å². The number of imide groups is 1. The molecule has 166 valence electrons. The Morgan fingerprint density at radius 2 is 1.87 bits per heavy atom. The summed E-state index contributed by atoms with van der Waals surface area (Å²) in [5.41, 5.74) is -0.998. The van der Waals surface area contributed by atoms with Gasteiger partial charge in [-0.3, -0.25) is 14.5 Å². The van der Waals surface area contributed by atoms with Gasteiger partial charge in [0.2, 0.25) is 5.91 Å². The fourth-order valence-corrected chi connectivity index (χ4v) is 3.42. The van der Waals surface area contributed by atoms with E-state index in [-0.39, 0.29) is 18.3 Å². The molecule has 0 saturated carbocycles. The molecule has 0 aliphatic carbocycles. The molecule has 1 aromatic rings. The first-order valence-corrected chi connectivity index (χ1v) is 10.2. The van der Waals surface area contributed by atoms with Gasteiger partial charge in [0.15, 0.2) is 0 Å². The molecule has 0 bridgehead atoms. The third-order valence-corrected chi connectivity index (χ3v) is 5.13. The van der Waals surface area contributed by atoms with Crippen LogP contribution in [0.15, 0.2) is 24.3 Å². The summed E-state index contributed by atoms with van der Waals surface area (Å²) in [7, 11) is 0. The van der Waals surface area contributed by atoms with Crippen LogP contribution in [0.3, 0.4) is 0 Å². The number of unbranched alkanes of at least 4 members (excludes halogenated alkanes) is 3. The molecule has 0 radical (unpaired) electrons. The number of nitrogens with zero attached hydrogens (tertiary/aromatic N) is 1. The Morgan fingerprint density at radius 1 is 1.20 bits per heavy atom. The summed E-state index contributed by atoms with van der Waals surface area (Å²) in [5.74, 6) is -1.05. The molecule has 4 amide bonds. The zero-order valence-electron chi connectivity index (χ0n) is 17.5. The highest BCUT2D eigenvalue weighted by atomic mass is 19.3. The van der Waals surface area contributed by atoms with E-state index in [1.54, 1.807) is 0 Å². The second kappa shape index (κ2) is 10.4. The van der Waals surface area contributed by atoms with Crippen LogP contribution in [0.1, 0.15) is 58.4 Å².